The fraction of sp³-hybridized carbons (Fsp3) is 0.0500. The lowest BCUT2D eigenvalue weighted by atomic mass is 10.1. The van der Waals surface area contributed by atoms with Crippen LogP contribution >= 0.6 is 0 Å². The van der Waals surface area contributed by atoms with Gasteiger partial charge < -0.3 is 4.57 Å². The first-order chi connectivity index (χ1) is 12.5. The standard InChI is InChI=1S/C20H12F4N2/c21-14-5-12(6-15(22)9-14)11-26-19-4-2-1-3-18(19)25-20(26)13-7-16(23)10-17(24)8-13/h1-10H,11H2. The van der Waals surface area contributed by atoms with Crippen LogP contribution in [0, 0.1) is 23.3 Å². The minimum absolute atomic E-state index is 0.0999. The lowest BCUT2D eigenvalue weighted by Crippen LogP contribution is -2.03. The highest BCUT2D eigenvalue weighted by atomic mass is 19.1. The van der Waals surface area contributed by atoms with Crippen LogP contribution in [-0.4, -0.2) is 9.55 Å². The van der Waals surface area contributed by atoms with Crippen molar-refractivity contribution in [1.29, 1.82) is 0 Å². The fourth-order valence-corrected chi connectivity index (χ4v) is 3.02. The summed E-state index contributed by atoms with van der Waals surface area (Å²) >= 11 is 0. The molecule has 1 heterocycles. The molecule has 4 rings (SSSR count). The molecule has 0 saturated heterocycles. The van der Waals surface area contributed by atoms with Gasteiger partial charge in [-0.3, -0.25) is 0 Å². The van der Waals surface area contributed by atoms with Crippen molar-refractivity contribution < 1.29 is 17.6 Å². The first-order valence-electron chi connectivity index (χ1n) is 7.86. The van der Waals surface area contributed by atoms with E-state index in [1.54, 1.807) is 28.8 Å². The Kier molecular flexibility index (Phi) is 3.95. The molecule has 0 radical (unpaired) electrons. The summed E-state index contributed by atoms with van der Waals surface area (Å²) in [5.74, 6) is -2.52. The van der Waals surface area contributed by atoms with Crippen LogP contribution in [0.25, 0.3) is 22.4 Å². The molecule has 0 amide bonds. The number of rotatable bonds is 3. The summed E-state index contributed by atoms with van der Waals surface area (Å²) in [6.45, 7) is 0.0999. The SMILES string of the molecule is Fc1cc(F)cc(Cn2c(-c3cc(F)cc(F)c3)nc3ccccc32)c1. The van der Waals surface area contributed by atoms with Gasteiger partial charge in [-0.1, -0.05) is 12.1 Å². The molecular weight excluding hydrogens is 344 g/mol. The number of hydrogen-bond donors (Lipinski definition) is 0. The predicted molar refractivity (Wildman–Crippen MR) is 90.5 cm³/mol. The Labute approximate surface area is 146 Å². The van der Waals surface area contributed by atoms with Crippen molar-refractivity contribution in [2.24, 2.45) is 0 Å². The quantitative estimate of drug-likeness (QED) is 0.455. The second-order valence-corrected chi connectivity index (χ2v) is 5.95. The van der Waals surface area contributed by atoms with E-state index in [0.29, 0.717) is 22.4 Å². The van der Waals surface area contributed by atoms with Gasteiger partial charge in [0, 0.05) is 24.2 Å². The molecule has 26 heavy (non-hydrogen) atoms. The van der Waals surface area contributed by atoms with Crippen LogP contribution in [0.2, 0.25) is 0 Å². The van der Waals surface area contributed by atoms with Crippen molar-refractivity contribution >= 4 is 11.0 Å². The molecule has 0 aliphatic rings. The maximum atomic E-state index is 13.7. The summed E-state index contributed by atoms with van der Waals surface area (Å²) in [5.41, 5.74) is 1.93. The van der Waals surface area contributed by atoms with E-state index in [0.717, 1.165) is 12.1 Å². The number of hydrogen-bond acceptors (Lipinski definition) is 1. The average molecular weight is 356 g/mol. The molecule has 2 nitrogen and oxygen atoms in total. The van der Waals surface area contributed by atoms with Gasteiger partial charge in [0.15, 0.2) is 0 Å². The van der Waals surface area contributed by atoms with Crippen LogP contribution in [-0.2, 0) is 6.54 Å². The first-order valence-corrected chi connectivity index (χ1v) is 7.86. The zero-order chi connectivity index (χ0) is 18.3. The van der Waals surface area contributed by atoms with Crippen LogP contribution in [0.5, 0.6) is 0 Å². The molecule has 6 heteroatoms. The third-order valence-corrected chi connectivity index (χ3v) is 4.04. The number of halogens is 4. The van der Waals surface area contributed by atoms with Crippen molar-refractivity contribution in [3.8, 4) is 11.4 Å². The Morgan fingerprint density at radius 3 is 1.96 bits per heavy atom. The van der Waals surface area contributed by atoms with Crippen molar-refractivity contribution in [1.82, 2.24) is 9.55 Å². The Balaban J connectivity index is 1.91. The van der Waals surface area contributed by atoms with Gasteiger partial charge in [-0.05, 0) is 42.0 Å². The summed E-state index contributed by atoms with van der Waals surface area (Å²) < 4.78 is 56.1. The lowest BCUT2D eigenvalue weighted by Gasteiger charge is -2.10. The molecule has 0 unspecified atom stereocenters. The predicted octanol–water partition coefficient (Wildman–Crippen LogP) is 5.31. The monoisotopic (exact) mass is 356 g/mol. The van der Waals surface area contributed by atoms with E-state index in [2.05, 4.69) is 4.98 Å². The molecule has 0 aliphatic heterocycles. The lowest BCUT2D eigenvalue weighted by molar-refractivity contribution is 0.578. The minimum Gasteiger partial charge on any atom is -0.319 e. The molecule has 130 valence electrons. The van der Waals surface area contributed by atoms with Gasteiger partial charge >= 0.3 is 0 Å². The average Bonchev–Trinajstić information content (AvgIpc) is 2.92. The van der Waals surface area contributed by atoms with Crippen molar-refractivity contribution in [3.63, 3.8) is 0 Å². The summed E-state index contributed by atoms with van der Waals surface area (Å²) in [4.78, 5) is 4.45. The van der Waals surface area contributed by atoms with Gasteiger partial charge in [0.2, 0.25) is 0 Å². The highest BCUT2D eigenvalue weighted by molar-refractivity contribution is 5.80. The summed E-state index contributed by atoms with van der Waals surface area (Å²) in [6, 6.07) is 13.5. The molecule has 0 bridgehead atoms. The molecule has 0 fully saturated rings. The topological polar surface area (TPSA) is 17.8 Å². The normalized spacial score (nSPS) is 11.2. The molecule has 4 aromatic rings. The Morgan fingerprint density at radius 2 is 1.31 bits per heavy atom. The smallest absolute Gasteiger partial charge is 0.141 e. The molecule has 0 saturated carbocycles. The Bertz CT molecular complexity index is 1080. The number of fused-ring (bicyclic) bond motifs is 1. The van der Waals surface area contributed by atoms with E-state index < -0.39 is 23.3 Å². The maximum absolute atomic E-state index is 13.7. The summed E-state index contributed by atoms with van der Waals surface area (Å²) in [5, 5.41) is 0. The molecule has 0 atom stereocenters. The number of nitrogens with zero attached hydrogens (tertiary/aromatic N) is 2. The zero-order valence-electron chi connectivity index (χ0n) is 13.4. The van der Waals surface area contributed by atoms with Gasteiger partial charge in [0.1, 0.15) is 29.1 Å². The van der Waals surface area contributed by atoms with Crippen LogP contribution in [0.1, 0.15) is 5.56 Å². The number of para-hydroxylation sites is 2. The minimum atomic E-state index is -0.726. The number of imidazole rings is 1. The van der Waals surface area contributed by atoms with Crippen molar-refractivity contribution in [2.75, 3.05) is 0 Å². The van der Waals surface area contributed by atoms with Gasteiger partial charge in [-0.15, -0.1) is 0 Å². The zero-order valence-corrected chi connectivity index (χ0v) is 13.4. The Morgan fingerprint density at radius 1 is 0.731 bits per heavy atom. The maximum Gasteiger partial charge on any atom is 0.141 e. The fourth-order valence-electron chi connectivity index (χ4n) is 3.02. The largest absolute Gasteiger partial charge is 0.319 e. The molecular formula is C20H12F4N2. The number of aromatic nitrogens is 2. The molecule has 3 aromatic carbocycles. The van der Waals surface area contributed by atoms with Crippen LogP contribution < -0.4 is 0 Å². The van der Waals surface area contributed by atoms with E-state index in [1.807, 2.05) is 0 Å². The van der Waals surface area contributed by atoms with Crippen molar-refractivity contribution in [3.05, 3.63) is 89.5 Å². The second-order valence-electron chi connectivity index (χ2n) is 5.95. The summed E-state index contributed by atoms with van der Waals surface area (Å²) in [6.07, 6.45) is 0. The van der Waals surface area contributed by atoms with Gasteiger partial charge in [0.05, 0.1) is 11.0 Å². The molecule has 0 aliphatic carbocycles. The van der Waals surface area contributed by atoms with Gasteiger partial charge in [0.25, 0.3) is 0 Å². The van der Waals surface area contributed by atoms with E-state index >= 15 is 0 Å². The third-order valence-electron chi connectivity index (χ3n) is 4.04. The van der Waals surface area contributed by atoms with Crippen LogP contribution in [0.15, 0.2) is 60.7 Å². The van der Waals surface area contributed by atoms with E-state index in [9.17, 15) is 17.6 Å². The Hall–Kier alpha value is -3.15. The third kappa shape index (κ3) is 3.06. The van der Waals surface area contributed by atoms with Crippen molar-refractivity contribution in [2.45, 2.75) is 6.54 Å². The molecule has 0 spiro atoms. The van der Waals surface area contributed by atoms with Crippen LogP contribution in [0.3, 0.4) is 0 Å². The first kappa shape index (κ1) is 16.3. The van der Waals surface area contributed by atoms with E-state index in [-0.39, 0.29) is 12.1 Å². The molecule has 0 N–H and O–H groups in total. The van der Waals surface area contributed by atoms with E-state index in [4.69, 9.17) is 0 Å². The van der Waals surface area contributed by atoms with Gasteiger partial charge in [-0.2, -0.15) is 0 Å². The van der Waals surface area contributed by atoms with E-state index in [1.165, 1.54) is 24.3 Å². The number of benzene rings is 3. The highest BCUT2D eigenvalue weighted by Gasteiger charge is 2.15. The highest BCUT2D eigenvalue weighted by Crippen LogP contribution is 2.27. The molecule has 1 aromatic heterocycles. The van der Waals surface area contributed by atoms with Gasteiger partial charge in [-0.25, -0.2) is 22.5 Å². The van der Waals surface area contributed by atoms with Crippen LogP contribution in [0.4, 0.5) is 17.6 Å². The second kappa shape index (κ2) is 6.29. The summed E-state index contributed by atoms with van der Waals surface area (Å²) in [7, 11) is 0.